The lowest BCUT2D eigenvalue weighted by atomic mass is 10.0. The van der Waals surface area contributed by atoms with E-state index in [1.165, 1.54) is 0 Å². The molecule has 1 aromatic carbocycles. The van der Waals surface area contributed by atoms with Crippen molar-refractivity contribution in [2.75, 3.05) is 0 Å². The molecule has 7 heteroatoms. The first-order chi connectivity index (χ1) is 16.0. The highest BCUT2D eigenvalue weighted by Gasteiger charge is 2.21. The van der Waals surface area contributed by atoms with Crippen LogP contribution < -0.4 is 0 Å². The third-order valence-corrected chi connectivity index (χ3v) is 8.74. The fourth-order valence-electron chi connectivity index (χ4n) is 3.85. The molecule has 0 atom stereocenters. The van der Waals surface area contributed by atoms with Gasteiger partial charge in [-0.3, -0.25) is 0 Å². The van der Waals surface area contributed by atoms with Gasteiger partial charge in [-0.05, 0) is 126 Å². The average Bonchev–Trinajstić information content (AvgIpc) is 3.58. The minimum atomic E-state index is 0.839. The van der Waals surface area contributed by atoms with Crippen LogP contribution in [0.2, 0.25) is 0 Å². The maximum absolute atomic E-state index is 4.92. The van der Waals surface area contributed by atoms with Crippen LogP contribution in [0.15, 0.2) is 135 Å². The van der Waals surface area contributed by atoms with Crippen LogP contribution in [0.4, 0.5) is 0 Å². The lowest BCUT2D eigenvalue weighted by Crippen LogP contribution is -1.98. The monoisotopic (exact) mass is 618 g/mol. The van der Waals surface area contributed by atoms with Gasteiger partial charge in [-0.25, -0.2) is 20.0 Å². The van der Waals surface area contributed by atoms with E-state index in [4.69, 9.17) is 15.0 Å². The predicted molar refractivity (Wildman–Crippen MR) is 147 cm³/mol. The van der Waals surface area contributed by atoms with E-state index in [9.17, 15) is 0 Å². The van der Waals surface area contributed by atoms with Crippen molar-refractivity contribution in [2.45, 2.75) is 0 Å². The average molecular weight is 621 g/mol. The van der Waals surface area contributed by atoms with Gasteiger partial charge in [0.25, 0.3) is 0 Å². The van der Waals surface area contributed by atoms with Gasteiger partial charge in [-0.15, -0.1) is 0 Å². The van der Waals surface area contributed by atoms with Crippen LogP contribution in [0.1, 0.15) is 5.56 Å². The van der Waals surface area contributed by atoms with Gasteiger partial charge in [-0.1, -0.05) is 6.07 Å². The number of aliphatic imine (C=N–C) groups is 4. The van der Waals surface area contributed by atoms with E-state index in [0.29, 0.717) is 0 Å². The van der Waals surface area contributed by atoms with Crippen molar-refractivity contribution >= 4 is 76.2 Å². The highest BCUT2D eigenvalue weighted by atomic mass is 79.9. The van der Waals surface area contributed by atoms with Crippen molar-refractivity contribution in [2.24, 2.45) is 20.0 Å². The molecule has 0 saturated heterocycles. The minimum absolute atomic E-state index is 0.839. The van der Waals surface area contributed by atoms with E-state index < -0.39 is 0 Å². The van der Waals surface area contributed by atoms with E-state index in [2.05, 4.69) is 64.9 Å². The van der Waals surface area contributed by atoms with Crippen molar-refractivity contribution in [3.63, 3.8) is 0 Å². The SMILES string of the molecule is Brc1ccc(C2=CC3=CC4=NC(=CC5=NC(=CC6=NC(=CC2=N3)C=C6)C=C5)C=C4)c(Br)c1Br. The lowest BCUT2D eigenvalue weighted by Gasteiger charge is -2.09. The van der Waals surface area contributed by atoms with Gasteiger partial charge >= 0.3 is 0 Å². The molecule has 5 heterocycles. The van der Waals surface area contributed by atoms with Gasteiger partial charge < -0.3 is 0 Å². The normalized spacial score (nSPS) is 20.0. The zero-order valence-corrected chi connectivity index (χ0v) is 21.7. The van der Waals surface area contributed by atoms with Crippen LogP contribution in [-0.4, -0.2) is 22.8 Å². The first-order valence-corrected chi connectivity index (χ1v) is 12.5. The third-order valence-electron chi connectivity index (χ3n) is 5.36. The molecule has 5 aliphatic heterocycles. The van der Waals surface area contributed by atoms with E-state index in [0.717, 1.165) is 70.2 Å². The molecule has 0 unspecified atom stereocenters. The number of allylic oxidation sites excluding steroid dienone is 12. The Morgan fingerprint density at radius 3 is 1.64 bits per heavy atom. The van der Waals surface area contributed by atoms with E-state index >= 15 is 0 Å². The Hall–Kier alpha value is -2.74. The van der Waals surface area contributed by atoms with Crippen LogP contribution >= 0.6 is 47.8 Å². The third kappa shape index (κ3) is 4.05. The van der Waals surface area contributed by atoms with Gasteiger partial charge in [0.2, 0.25) is 0 Å². The number of nitrogens with zero attached hydrogens (tertiary/aromatic N) is 4. The number of hydrogen-bond acceptors (Lipinski definition) is 4. The number of halogens is 3. The first kappa shape index (κ1) is 20.8. The molecule has 0 spiro atoms. The second kappa shape index (κ2) is 8.24. The summed E-state index contributed by atoms with van der Waals surface area (Å²) < 4.78 is 2.90. The van der Waals surface area contributed by atoms with Crippen LogP contribution in [0.3, 0.4) is 0 Å². The predicted octanol–water partition coefficient (Wildman–Crippen LogP) is 7.39. The Bertz CT molecular complexity index is 1520. The fraction of sp³-hybridized carbons (Fsp3) is 0. The van der Waals surface area contributed by atoms with E-state index in [-0.39, 0.29) is 0 Å². The molecule has 8 bridgehead atoms. The number of hydrogen-bond donors (Lipinski definition) is 0. The number of fused-ring (bicyclic) bond motifs is 4. The summed E-state index contributed by atoms with van der Waals surface area (Å²) >= 11 is 11.0. The zero-order chi connectivity index (χ0) is 22.5. The molecule has 0 amide bonds. The first-order valence-electron chi connectivity index (χ1n) is 10.1. The summed E-state index contributed by atoms with van der Waals surface area (Å²) in [7, 11) is 0. The quantitative estimate of drug-likeness (QED) is 0.294. The molecule has 33 heavy (non-hydrogen) atoms. The summed E-state index contributed by atoms with van der Waals surface area (Å²) in [6.45, 7) is 0. The Morgan fingerprint density at radius 2 is 1.03 bits per heavy atom. The Labute approximate surface area is 215 Å². The number of benzene rings is 1. The minimum Gasteiger partial charge on any atom is -0.249 e. The Morgan fingerprint density at radius 1 is 0.485 bits per heavy atom. The zero-order valence-electron chi connectivity index (χ0n) is 16.9. The summed E-state index contributed by atoms with van der Waals surface area (Å²) in [6.07, 6.45) is 22.0. The molecular weight excluding hydrogens is 608 g/mol. The van der Waals surface area contributed by atoms with Gasteiger partial charge in [0, 0.05) is 19.0 Å². The summed E-state index contributed by atoms with van der Waals surface area (Å²) in [4.78, 5) is 19.0. The van der Waals surface area contributed by atoms with Crippen molar-refractivity contribution in [1.29, 1.82) is 0 Å². The molecule has 0 aromatic heterocycles. The molecule has 0 fully saturated rings. The molecule has 0 saturated carbocycles. The smallest absolute Gasteiger partial charge is 0.0737 e. The van der Waals surface area contributed by atoms with Crippen LogP contribution in [0.5, 0.6) is 0 Å². The Balaban J connectivity index is 1.52. The maximum Gasteiger partial charge on any atom is 0.0737 e. The molecule has 0 radical (unpaired) electrons. The molecule has 5 aliphatic rings. The van der Waals surface area contributed by atoms with E-state index in [1.54, 1.807) is 0 Å². The molecular formula is C26H13Br3N4. The van der Waals surface area contributed by atoms with Gasteiger partial charge in [0.15, 0.2) is 0 Å². The summed E-state index contributed by atoms with van der Waals surface area (Å²) in [5.74, 6) is 0. The number of rotatable bonds is 1. The second-order valence-electron chi connectivity index (χ2n) is 7.66. The molecule has 1 aromatic rings. The summed E-state index contributed by atoms with van der Waals surface area (Å²) in [5, 5.41) is 0. The van der Waals surface area contributed by atoms with Crippen LogP contribution in [-0.2, 0) is 0 Å². The van der Waals surface area contributed by atoms with Gasteiger partial charge in [-0.2, -0.15) is 0 Å². The van der Waals surface area contributed by atoms with Gasteiger partial charge in [0.1, 0.15) is 0 Å². The van der Waals surface area contributed by atoms with E-state index in [1.807, 2.05) is 66.8 Å². The van der Waals surface area contributed by atoms with Crippen LogP contribution in [0.25, 0.3) is 5.57 Å². The molecule has 4 nitrogen and oxygen atoms in total. The highest BCUT2D eigenvalue weighted by Crippen LogP contribution is 2.39. The van der Waals surface area contributed by atoms with Crippen molar-refractivity contribution < 1.29 is 0 Å². The topological polar surface area (TPSA) is 49.4 Å². The second-order valence-corrected chi connectivity index (χ2v) is 10.1. The molecule has 0 aliphatic carbocycles. The molecule has 158 valence electrons. The lowest BCUT2D eigenvalue weighted by molar-refractivity contribution is 1.41. The Kier molecular flexibility index (Phi) is 5.20. The summed E-state index contributed by atoms with van der Waals surface area (Å²) in [5.41, 5.74) is 8.91. The standard InChI is InChI=1S/C26H13Br3N4/c27-23-8-7-21(25(28)26(23)29)22-12-20-11-18-4-3-16(31-18)9-14-1-2-15(30-14)10-17-5-6-19(32-17)13-24(22)33-20/h1-13H. The van der Waals surface area contributed by atoms with Crippen LogP contribution in [0, 0.1) is 0 Å². The highest BCUT2D eigenvalue weighted by molar-refractivity contribution is 9.14. The molecule has 0 N–H and O–H groups in total. The van der Waals surface area contributed by atoms with Crippen molar-refractivity contribution in [3.8, 4) is 0 Å². The summed E-state index contributed by atoms with van der Waals surface area (Å²) in [6, 6.07) is 4.10. The van der Waals surface area contributed by atoms with Crippen molar-refractivity contribution in [3.05, 3.63) is 121 Å². The maximum atomic E-state index is 4.92. The fourth-order valence-corrected chi connectivity index (χ4v) is 5.35. The largest absolute Gasteiger partial charge is 0.249 e. The van der Waals surface area contributed by atoms with Gasteiger partial charge in [0.05, 0.1) is 45.6 Å². The molecule has 6 rings (SSSR count). The van der Waals surface area contributed by atoms with Crippen molar-refractivity contribution in [1.82, 2.24) is 0 Å².